The highest BCUT2D eigenvalue weighted by atomic mass is 79.9. The highest BCUT2D eigenvalue weighted by molar-refractivity contribution is 9.10. The molecule has 0 fully saturated rings. The normalized spacial score (nSPS) is 11.8. The van der Waals surface area contributed by atoms with Crippen molar-refractivity contribution in [2.75, 3.05) is 0 Å². The molecule has 1 nitrogen and oxygen atoms in total. The molecular formula is C12H16BrClO. The fraction of sp³-hybridized carbons (Fsp3) is 0.500. The Kier molecular flexibility index (Phi) is 4.63. The van der Waals surface area contributed by atoms with Crippen LogP contribution in [0.2, 0.25) is 5.02 Å². The van der Waals surface area contributed by atoms with E-state index in [0.717, 1.165) is 22.9 Å². The van der Waals surface area contributed by atoms with E-state index in [1.165, 1.54) is 0 Å². The first kappa shape index (κ1) is 13.0. The molecule has 0 heterocycles. The summed E-state index contributed by atoms with van der Waals surface area (Å²) in [7, 11) is 0. The van der Waals surface area contributed by atoms with Crippen LogP contribution in [0.1, 0.15) is 32.3 Å². The summed E-state index contributed by atoms with van der Waals surface area (Å²) in [4.78, 5) is 0. The minimum absolute atomic E-state index is 0.617. The van der Waals surface area contributed by atoms with Gasteiger partial charge in [0, 0.05) is 15.9 Å². The molecule has 0 aliphatic carbocycles. The maximum absolute atomic E-state index is 10.2. The zero-order chi connectivity index (χ0) is 11.5. The number of hydrogen-bond donors (Lipinski definition) is 1. The van der Waals surface area contributed by atoms with E-state index in [0.29, 0.717) is 11.4 Å². The van der Waals surface area contributed by atoms with Crippen LogP contribution < -0.4 is 0 Å². The van der Waals surface area contributed by atoms with E-state index in [4.69, 9.17) is 11.6 Å². The molecule has 1 N–H and O–H groups in total. The van der Waals surface area contributed by atoms with Crippen molar-refractivity contribution in [2.45, 2.75) is 38.7 Å². The molecule has 0 radical (unpaired) electrons. The van der Waals surface area contributed by atoms with Crippen molar-refractivity contribution >= 4 is 27.5 Å². The van der Waals surface area contributed by atoms with Crippen LogP contribution in [0.5, 0.6) is 0 Å². The van der Waals surface area contributed by atoms with Gasteiger partial charge in [-0.1, -0.05) is 47.4 Å². The molecule has 1 aromatic carbocycles. The smallest absolute Gasteiger partial charge is 0.0683 e. The average molecular weight is 292 g/mol. The van der Waals surface area contributed by atoms with Gasteiger partial charge in [0.05, 0.1) is 5.60 Å². The Morgan fingerprint density at radius 2 is 1.93 bits per heavy atom. The predicted octanol–water partition coefficient (Wildman–Crippen LogP) is 4.20. The Morgan fingerprint density at radius 3 is 2.40 bits per heavy atom. The van der Waals surface area contributed by atoms with E-state index >= 15 is 0 Å². The van der Waals surface area contributed by atoms with Crippen LogP contribution in [0.25, 0.3) is 0 Å². The Morgan fingerprint density at radius 1 is 1.33 bits per heavy atom. The van der Waals surface area contributed by atoms with Crippen LogP contribution in [0, 0.1) is 0 Å². The van der Waals surface area contributed by atoms with Crippen molar-refractivity contribution in [3.63, 3.8) is 0 Å². The monoisotopic (exact) mass is 290 g/mol. The van der Waals surface area contributed by atoms with E-state index in [-0.39, 0.29) is 0 Å². The summed E-state index contributed by atoms with van der Waals surface area (Å²) in [5.74, 6) is 0. The first-order valence-electron chi connectivity index (χ1n) is 5.17. The van der Waals surface area contributed by atoms with Crippen LogP contribution in [-0.2, 0) is 6.42 Å². The highest BCUT2D eigenvalue weighted by Gasteiger charge is 2.23. The van der Waals surface area contributed by atoms with E-state index < -0.39 is 5.60 Å². The molecule has 1 rings (SSSR count). The van der Waals surface area contributed by atoms with Crippen molar-refractivity contribution < 1.29 is 5.11 Å². The lowest BCUT2D eigenvalue weighted by Gasteiger charge is -2.25. The Hall–Kier alpha value is -0.0500. The molecule has 15 heavy (non-hydrogen) atoms. The Balaban J connectivity index is 2.89. The third-order valence-corrected chi connectivity index (χ3v) is 3.70. The molecule has 0 unspecified atom stereocenters. The zero-order valence-corrected chi connectivity index (χ0v) is 11.4. The van der Waals surface area contributed by atoms with Gasteiger partial charge in [-0.15, -0.1) is 0 Å². The number of aliphatic hydroxyl groups is 1. The van der Waals surface area contributed by atoms with Crippen LogP contribution in [0.3, 0.4) is 0 Å². The summed E-state index contributed by atoms with van der Waals surface area (Å²) in [5.41, 5.74) is 0.378. The average Bonchev–Trinajstić information content (AvgIpc) is 2.22. The fourth-order valence-electron chi connectivity index (χ4n) is 1.52. The predicted molar refractivity (Wildman–Crippen MR) is 68.4 cm³/mol. The minimum Gasteiger partial charge on any atom is -0.390 e. The summed E-state index contributed by atoms with van der Waals surface area (Å²) in [6.45, 7) is 3.99. The second-order valence-electron chi connectivity index (χ2n) is 3.84. The van der Waals surface area contributed by atoms with Gasteiger partial charge in [0.25, 0.3) is 0 Å². The number of rotatable bonds is 4. The standard InChI is InChI=1S/C12H16BrClO/c1-3-12(15,4-2)8-9-5-6-10(13)7-11(9)14/h5-7,15H,3-4,8H2,1-2H3. The van der Waals surface area contributed by atoms with Crippen LogP contribution in [-0.4, -0.2) is 10.7 Å². The molecular weight excluding hydrogens is 275 g/mol. The molecule has 0 aromatic heterocycles. The topological polar surface area (TPSA) is 20.2 Å². The molecule has 0 aliphatic rings. The van der Waals surface area contributed by atoms with Crippen molar-refractivity contribution in [3.8, 4) is 0 Å². The van der Waals surface area contributed by atoms with Gasteiger partial charge in [-0.2, -0.15) is 0 Å². The van der Waals surface area contributed by atoms with Crippen molar-refractivity contribution in [1.82, 2.24) is 0 Å². The first-order valence-corrected chi connectivity index (χ1v) is 6.34. The van der Waals surface area contributed by atoms with Crippen molar-refractivity contribution in [2.24, 2.45) is 0 Å². The molecule has 84 valence electrons. The number of halogens is 2. The van der Waals surface area contributed by atoms with Gasteiger partial charge < -0.3 is 5.11 Å². The lowest BCUT2D eigenvalue weighted by Crippen LogP contribution is -2.29. The third-order valence-electron chi connectivity index (χ3n) is 2.85. The molecule has 0 saturated heterocycles. The summed E-state index contributed by atoms with van der Waals surface area (Å²) >= 11 is 9.47. The minimum atomic E-state index is -0.628. The van der Waals surface area contributed by atoms with E-state index in [1.807, 2.05) is 32.0 Å². The molecule has 0 atom stereocenters. The van der Waals surface area contributed by atoms with E-state index in [1.54, 1.807) is 0 Å². The van der Waals surface area contributed by atoms with Crippen LogP contribution >= 0.6 is 27.5 Å². The first-order chi connectivity index (χ1) is 7.00. The lowest BCUT2D eigenvalue weighted by atomic mass is 9.89. The van der Waals surface area contributed by atoms with E-state index in [2.05, 4.69) is 15.9 Å². The second kappa shape index (κ2) is 5.33. The van der Waals surface area contributed by atoms with E-state index in [9.17, 15) is 5.11 Å². The number of benzene rings is 1. The SMILES string of the molecule is CCC(O)(CC)Cc1ccc(Br)cc1Cl. The molecule has 1 aromatic rings. The summed E-state index contributed by atoms with van der Waals surface area (Å²) < 4.78 is 0.966. The Bertz CT molecular complexity index is 334. The Labute approximate surface area is 105 Å². The third kappa shape index (κ3) is 3.47. The molecule has 0 bridgehead atoms. The maximum atomic E-state index is 10.2. The highest BCUT2D eigenvalue weighted by Crippen LogP contribution is 2.27. The van der Waals surface area contributed by atoms with Gasteiger partial charge in [-0.25, -0.2) is 0 Å². The summed E-state index contributed by atoms with van der Waals surface area (Å²) in [6, 6.07) is 5.78. The van der Waals surface area contributed by atoms with Crippen molar-refractivity contribution in [1.29, 1.82) is 0 Å². The van der Waals surface area contributed by atoms with Gasteiger partial charge in [0.15, 0.2) is 0 Å². The lowest BCUT2D eigenvalue weighted by molar-refractivity contribution is 0.0327. The molecule has 0 amide bonds. The maximum Gasteiger partial charge on any atom is 0.0683 e. The molecule has 0 spiro atoms. The van der Waals surface area contributed by atoms with Crippen LogP contribution in [0.15, 0.2) is 22.7 Å². The van der Waals surface area contributed by atoms with Crippen molar-refractivity contribution in [3.05, 3.63) is 33.3 Å². The molecule has 0 saturated carbocycles. The summed E-state index contributed by atoms with van der Waals surface area (Å²) in [6.07, 6.45) is 2.11. The van der Waals surface area contributed by atoms with Crippen LogP contribution in [0.4, 0.5) is 0 Å². The number of hydrogen-bond acceptors (Lipinski definition) is 1. The molecule has 3 heteroatoms. The second-order valence-corrected chi connectivity index (χ2v) is 5.17. The van der Waals surface area contributed by atoms with Gasteiger partial charge in [-0.05, 0) is 30.5 Å². The molecule has 0 aliphatic heterocycles. The fourth-order valence-corrected chi connectivity index (χ4v) is 2.26. The van der Waals surface area contributed by atoms with Gasteiger partial charge >= 0.3 is 0 Å². The quantitative estimate of drug-likeness (QED) is 0.881. The largest absolute Gasteiger partial charge is 0.390 e. The van der Waals surface area contributed by atoms with Gasteiger partial charge in [0.1, 0.15) is 0 Å². The van der Waals surface area contributed by atoms with Gasteiger partial charge in [0.2, 0.25) is 0 Å². The summed E-state index contributed by atoms with van der Waals surface area (Å²) in [5, 5.41) is 10.9. The zero-order valence-electron chi connectivity index (χ0n) is 9.06. The van der Waals surface area contributed by atoms with Gasteiger partial charge in [-0.3, -0.25) is 0 Å².